The topological polar surface area (TPSA) is 20.2 Å². The third-order valence-corrected chi connectivity index (χ3v) is 8.24. The zero-order chi connectivity index (χ0) is 28.8. The van der Waals surface area contributed by atoms with E-state index in [0.717, 1.165) is 11.1 Å². The van der Waals surface area contributed by atoms with Crippen molar-refractivity contribution in [2.45, 2.75) is 96.1 Å². The third-order valence-electron chi connectivity index (χ3n) is 7.95. The second-order valence-electron chi connectivity index (χ2n) is 12.8. The molecule has 1 unspecified atom stereocenters. The Bertz CT molecular complexity index is 1360. The Morgan fingerprint density at radius 3 is 2.08 bits per heavy atom. The van der Waals surface area contributed by atoms with Crippen LogP contribution in [0, 0.1) is 0 Å². The van der Waals surface area contributed by atoms with Gasteiger partial charge in [0.25, 0.3) is 0 Å². The summed E-state index contributed by atoms with van der Waals surface area (Å²) in [5.41, 5.74) is 3.77. The zero-order valence-corrected chi connectivity index (χ0v) is 24.6. The van der Waals surface area contributed by atoms with Gasteiger partial charge >= 0.3 is 6.18 Å². The standard InChI is InChI=1S/C34H39F3OS/c1-21(39)27(17-22-12-16-29(31(38)19-22)32(2,3)4)26-15-11-23(18-30(26)34(35,36)37)20-33(5,6)28-10-8-7-9-25(28)24-13-14-24/h7-12,15-16,18-19,24,27,38H,13-14,17,20H2,1-6H3. The Morgan fingerprint density at radius 1 is 0.872 bits per heavy atom. The fraction of sp³-hybridized carbons (Fsp3) is 0.441. The summed E-state index contributed by atoms with van der Waals surface area (Å²) in [4.78, 5) is 0.492. The molecule has 0 heterocycles. The first kappa shape index (κ1) is 29.3. The lowest BCUT2D eigenvalue weighted by molar-refractivity contribution is -0.138. The van der Waals surface area contributed by atoms with Crippen LogP contribution >= 0.6 is 12.2 Å². The number of alkyl halides is 3. The van der Waals surface area contributed by atoms with Crippen molar-refractivity contribution in [3.8, 4) is 5.75 Å². The minimum absolute atomic E-state index is 0.154. The van der Waals surface area contributed by atoms with Crippen LogP contribution in [0.4, 0.5) is 13.2 Å². The van der Waals surface area contributed by atoms with Crippen LogP contribution in [0.15, 0.2) is 60.7 Å². The second-order valence-corrected chi connectivity index (χ2v) is 13.5. The van der Waals surface area contributed by atoms with Gasteiger partial charge in [-0.15, -0.1) is 0 Å². The molecule has 208 valence electrons. The number of phenols is 1. The third kappa shape index (κ3) is 6.74. The van der Waals surface area contributed by atoms with Crippen molar-refractivity contribution in [2.75, 3.05) is 0 Å². The lowest BCUT2D eigenvalue weighted by atomic mass is 9.75. The van der Waals surface area contributed by atoms with Gasteiger partial charge in [-0.1, -0.05) is 95.4 Å². The average molecular weight is 553 g/mol. The van der Waals surface area contributed by atoms with Crippen LogP contribution in [0.1, 0.15) is 105 Å². The summed E-state index contributed by atoms with van der Waals surface area (Å²) in [6, 6.07) is 18.5. The fourth-order valence-electron chi connectivity index (χ4n) is 5.78. The summed E-state index contributed by atoms with van der Waals surface area (Å²) in [5.74, 6) is 0.117. The molecule has 0 aromatic heterocycles. The van der Waals surface area contributed by atoms with Gasteiger partial charge in [0.15, 0.2) is 0 Å². The van der Waals surface area contributed by atoms with Crippen LogP contribution in [0.5, 0.6) is 5.75 Å². The lowest BCUT2D eigenvalue weighted by Gasteiger charge is -2.29. The molecule has 1 saturated carbocycles. The van der Waals surface area contributed by atoms with Gasteiger partial charge in [0.05, 0.1) is 5.56 Å². The number of hydrogen-bond donors (Lipinski definition) is 1. The molecule has 39 heavy (non-hydrogen) atoms. The van der Waals surface area contributed by atoms with Crippen molar-refractivity contribution >= 4 is 17.1 Å². The maximum absolute atomic E-state index is 14.5. The van der Waals surface area contributed by atoms with Gasteiger partial charge in [0.1, 0.15) is 5.75 Å². The highest BCUT2D eigenvalue weighted by molar-refractivity contribution is 7.80. The van der Waals surface area contributed by atoms with E-state index in [0.29, 0.717) is 22.8 Å². The summed E-state index contributed by atoms with van der Waals surface area (Å²) in [5, 5.41) is 10.6. The predicted octanol–water partition coefficient (Wildman–Crippen LogP) is 9.82. The van der Waals surface area contributed by atoms with Crippen LogP contribution in [-0.2, 0) is 29.8 Å². The number of benzene rings is 3. The number of phenolic OH excluding ortho intramolecular Hbond substituents is 1. The number of hydrogen-bond acceptors (Lipinski definition) is 2. The Morgan fingerprint density at radius 2 is 1.51 bits per heavy atom. The van der Waals surface area contributed by atoms with Gasteiger partial charge < -0.3 is 5.11 Å². The molecule has 3 aromatic carbocycles. The number of aromatic hydroxyl groups is 1. The first-order valence-corrected chi connectivity index (χ1v) is 14.1. The molecule has 3 aromatic rings. The molecule has 1 atom stereocenters. The highest BCUT2D eigenvalue weighted by atomic mass is 32.1. The molecule has 0 bridgehead atoms. The molecule has 0 amide bonds. The maximum Gasteiger partial charge on any atom is 0.416 e. The summed E-state index contributed by atoms with van der Waals surface area (Å²) >= 11 is 5.50. The molecule has 1 N–H and O–H groups in total. The molecule has 1 aliphatic carbocycles. The molecule has 4 rings (SSSR count). The quantitative estimate of drug-likeness (QED) is 0.281. The Hall–Kier alpha value is -2.66. The molecule has 0 aliphatic heterocycles. The average Bonchev–Trinajstić information content (AvgIpc) is 3.66. The maximum atomic E-state index is 14.5. The van der Waals surface area contributed by atoms with Gasteiger partial charge in [-0.25, -0.2) is 0 Å². The molecular formula is C34H39F3OS. The van der Waals surface area contributed by atoms with Crippen LogP contribution in [0.25, 0.3) is 0 Å². The molecule has 5 heteroatoms. The molecule has 0 radical (unpaired) electrons. The summed E-state index contributed by atoms with van der Waals surface area (Å²) in [6.45, 7) is 12.0. The minimum Gasteiger partial charge on any atom is -0.508 e. The van der Waals surface area contributed by atoms with Crippen molar-refractivity contribution in [3.63, 3.8) is 0 Å². The summed E-state index contributed by atoms with van der Waals surface area (Å²) in [6.07, 6.45) is -1.37. The van der Waals surface area contributed by atoms with Crippen molar-refractivity contribution in [3.05, 3.63) is 99.6 Å². The van der Waals surface area contributed by atoms with Crippen LogP contribution < -0.4 is 0 Å². The lowest BCUT2D eigenvalue weighted by Crippen LogP contribution is -2.23. The van der Waals surface area contributed by atoms with Crippen molar-refractivity contribution < 1.29 is 18.3 Å². The first-order chi connectivity index (χ1) is 18.1. The van der Waals surface area contributed by atoms with Gasteiger partial charge in [-0.2, -0.15) is 13.2 Å². The Kier molecular flexibility index (Phi) is 8.06. The van der Waals surface area contributed by atoms with Crippen molar-refractivity contribution in [1.29, 1.82) is 0 Å². The molecule has 0 spiro atoms. The summed E-state index contributed by atoms with van der Waals surface area (Å²) in [7, 11) is 0. The van der Waals surface area contributed by atoms with E-state index in [1.165, 1.54) is 30.0 Å². The molecule has 1 fully saturated rings. The van der Waals surface area contributed by atoms with E-state index in [2.05, 4.69) is 26.0 Å². The van der Waals surface area contributed by atoms with E-state index in [-0.39, 0.29) is 28.6 Å². The predicted molar refractivity (Wildman–Crippen MR) is 158 cm³/mol. The smallest absolute Gasteiger partial charge is 0.416 e. The van der Waals surface area contributed by atoms with E-state index in [9.17, 15) is 18.3 Å². The van der Waals surface area contributed by atoms with Crippen LogP contribution in [-0.4, -0.2) is 9.97 Å². The SMILES string of the molecule is CC(=S)C(Cc1ccc(C(C)(C)C)c(O)c1)c1ccc(CC(C)(C)c2ccccc2C2CC2)cc1C(F)(F)F. The largest absolute Gasteiger partial charge is 0.508 e. The van der Waals surface area contributed by atoms with Crippen LogP contribution in [0.2, 0.25) is 0 Å². The first-order valence-electron chi connectivity index (χ1n) is 13.7. The summed E-state index contributed by atoms with van der Waals surface area (Å²) < 4.78 is 43.5. The monoisotopic (exact) mass is 552 g/mol. The van der Waals surface area contributed by atoms with E-state index < -0.39 is 17.7 Å². The number of thiocarbonyl (C=S) groups is 1. The highest BCUT2D eigenvalue weighted by Gasteiger charge is 2.37. The van der Waals surface area contributed by atoms with Gasteiger partial charge in [0, 0.05) is 5.92 Å². The molecule has 1 aliphatic rings. The normalized spacial score (nSPS) is 15.3. The van der Waals surface area contributed by atoms with Gasteiger partial charge in [-0.05, 0) is 99.7 Å². The second kappa shape index (κ2) is 10.7. The minimum atomic E-state index is -4.51. The van der Waals surface area contributed by atoms with E-state index in [4.69, 9.17) is 12.2 Å². The van der Waals surface area contributed by atoms with E-state index >= 15 is 0 Å². The molecular weight excluding hydrogens is 513 g/mol. The van der Waals surface area contributed by atoms with Crippen molar-refractivity contribution in [1.82, 2.24) is 0 Å². The van der Waals surface area contributed by atoms with Gasteiger partial charge in [0.2, 0.25) is 0 Å². The highest BCUT2D eigenvalue weighted by Crippen LogP contribution is 2.45. The van der Waals surface area contributed by atoms with E-state index in [1.807, 2.05) is 51.1 Å². The zero-order valence-electron chi connectivity index (χ0n) is 23.7. The fourth-order valence-corrected chi connectivity index (χ4v) is 5.99. The Labute approximate surface area is 236 Å². The number of rotatable bonds is 8. The molecule has 1 nitrogen and oxygen atoms in total. The molecule has 0 saturated heterocycles. The van der Waals surface area contributed by atoms with E-state index in [1.54, 1.807) is 19.1 Å². The van der Waals surface area contributed by atoms with Crippen molar-refractivity contribution in [2.24, 2.45) is 0 Å². The number of halogens is 3. The van der Waals surface area contributed by atoms with Crippen LogP contribution in [0.3, 0.4) is 0 Å². The Balaban J connectivity index is 1.68. The van der Waals surface area contributed by atoms with Gasteiger partial charge in [-0.3, -0.25) is 0 Å².